The maximum Gasteiger partial charge on any atom is 0.264 e. The molecule has 9 heteroatoms. The Morgan fingerprint density at radius 2 is 1.70 bits per heavy atom. The number of carbonyl (C=O) groups excluding carboxylic acids is 3. The summed E-state index contributed by atoms with van der Waals surface area (Å²) in [6.45, 7) is 9.22. The van der Waals surface area contributed by atoms with E-state index in [1.165, 1.54) is 16.2 Å². The number of amides is 3. The maximum atomic E-state index is 13.0. The smallest absolute Gasteiger partial charge is 0.264 e. The first kappa shape index (κ1) is 24.2. The first-order chi connectivity index (χ1) is 13.9. The van der Waals surface area contributed by atoms with Crippen LogP contribution in [0.15, 0.2) is 24.3 Å². The van der Waals surface area contributed by atoms with Crippen LogP contribution in [0.1, 0.15) is 42.9 Å². The second-order valence-corrected chi connectivity index (χ2v) is 9.66. The average Bonchev–Trinajstić information content (AvgIpc) is 3.01. The van der Waals surface area contributed by atoms with E-state index in [-0.39, 0.29) is 18.4 Å². The molecule has 6 nitrogen and oxygen atoms in total. The molecule has 1 heterocycles. The molecule has 0 unspecified atom stereocenters. The monoisotopic (exact) mass is 469 g/mol. The topological polar surface area (TPSA) is 78.5 Å². The van der Waals surface area contributed by atoms with Crippen molar-refractivity contribution < 1.29 is 14.4 Å². The minimum absolute atomic E-state index is 0.133. The van der Waals surface area contributed by atoms with Gasteiger partial charge in [0.15, 0.2) is 0 Å². The molecule has 30 heavy (non-hydrogen) atoms. The van der Waals surface area contributed by atoms with Gasteiger partial charge < -0.3 is 15.5 Å². The molecule has 0 atom stereocenters. The van der Waals surface area contributed by atoms with Gasteiger partial charge in [0.2, 0.25) is 11.8 Å². The Labute approximate surface area is 190 Å². The van der Waals surface area contributed by atoms with E-state index < -0.39 is 11.3 Å². The van der Waals surface area contributed by atoms with Crippen molar-refractivity contribution in [1.29, 1.82) is 0 Å². The molecule has 2 aromatic rings. The number of rotatable bonds is 6. The summed E-state index contributed by atoms with van der Waals surface area (Å²) in [5.74, 6) is -0.821. The molecule has 1 aromatic carbocycles. The largest absolute Gasteiger partial charge is 0.329 e. The van der Waals surface area contributed by atoms with Crippen LogP contribution < -0.4 is 10.6 Å². The van der Waals surface area contributed by atoms with Crippen molar-refractivity contribution in [2.45, 2.75) is 34.6 Å². The van der Waals surface area contributed by atoms with Gasteiger partial charge in [-0.15, -0.1) is 11.3 Å². The zero-order valence-electron chi connectivity index (χ0n) is 17.6. The van der Waals surface area contributed by atoms with Gasteiger partial charge in [0, 0.05) is 12.0 Å². The second kappa shape index (κ2) is 9.81. The fourth-order valence-corrected chi connectivity index (χ4v) is 4.02. The number of hydrogen-bond acceptors (Lipinski definition) is 4. The fourth-order valence-electron chi connectivity index (χ4n) is 2.50. The number of aryl methyl sites for hydroxylation is 1. The van der Waals surface area contributed by atoms with E-state index in [0.29, 0.717) is 32.2 Å². The van der Waals surface area contributed by atoms with Crippen LogP contribution in [-0.4, -0.2) is 35.7 Å². The lowest BCUT2D eigenvalue weighted by atomic mass is 9.96. The SMILES string of the molecule is CCN(CC(=O)Nc1c(Cl)cccc1Cl)C(=O)c1sc(NC(=O)C(C)(C)C)cc1C. The van der Waals surface area contributed by atoms with Crippen molar-refractivity contribution in [3.8, 4) is 0 Å². The van der Waals surface area contributed by atoms with E-state index in [9.17, 15) is 14.4 Å². The number of nitrogens with zero attached hydrogens (tertiary/aromatic N) is 1. The highest BCUT2D eigenvalue weighted by Crippen LogP contribution is 2.31. The third-order valence-corrected chi connectivity index (χ3v) is 6.03. The quantitative estimate of drug-likeness (QED) is 0.590. The molecule has 0 bridgehead atoms. The molecule has 0 saturated heterocycles. The van der Waals surface area contributed by atoms with E-state index in [1.807, 2.05) is 20.8 Å². The lowest BCUT2D eigenvalue weighted by molar-refractivity contribution is -0.123. The molecule has 1 aromatic heterocycles. The standard InChI is InChI=1S/C21H25Cl2N3O3S/c1-6-26(11-15(27)24-17-13(22)8-7-9-14(17)23)19(28)18-12(2)10-16(30-18)25-20(29)21(3,4)5/h7-10H,6,11H2,1-5H3,(H,24,27)(H,25,29). The van der Waals surface area contributed by atoms with E-state index in [2.05, 4.69) is 10.6 Å². The van der Waals surface area contributed by atoms with Crippen LogP contribution >= 0.6 is 34.5 Å². The molecule has 0 aliphatic heterocycles. The van der Waals surface area contributed by atoms with Gasteiger partial charge >= 0.3 is 0 Å². The number of para-hydroxylation sites is 1. The van der Waals surface area contributed by atoms with Gasteiger partial charge in [0.25, 0.3) is 5.91 Å². The van der Waals surface area contributed by atoms with Gasteiger partial charge in [0.05, 0.1) is 25.6 Å². The predicted molar refractivity (Wildman–Crippen MR) is 124 cm³/mol. The molecular weight excluding hydrogens is 445 g/mol. The van der Waals surface area contributed by atoms with Gasteiger partial charge in [-0.05, 0) is 37.6 Å². The number of halogens is 2. The molecule has 3 amide bonds. The summed E-state index contributed by atoms with van der Waals surface area (Å²) >= 11 is 13.4. The Balaban J connectivity index is 2.12. The second-order valence-electron chi connectivity index (χ2n) is 7.79. The van der Waals surface area contributed by atoms with Crippen molar-refractivity contribution >= 4 is 62.9 Å². The Hall–Kier alpha value is -2.09. The van der Waals surface area contributed by atoms with Crippen molar-refractivity contribution in [3.63, 3.8) is 0 Å². The number of anilines is 2. The summed E-state index contributed by atoms with van der Waals surface area (Å²) in [4.78, 5) is 39.6. The normalized spacial score (nSPS) is 11.2. The molecule has 2 rings (SSSR count). The zero-order valence-corrected chi connectivity index (χ0v) is 19.9. The number of carbonyl (C=O) groups is 3. The third kappa shape index (κ3) is 5.97. The van der Waals surface area contributed by atoms with E-state index in [1.54, 1.807) is 38.1 Å². The average molecular weight is 470 g/mol. The Morgan fingerprint density at radius 3 is 2.23 bits per heavy atom. The molecule has 0 aliphatic carbocycles. The molecular formula is C21H25Cl2N3O3S. The van der Waals surface area contributed by atoms with Crippen LogP contribution in [0.2, 0.25) is 10.0 Å². The van der Waals surface area contributed by atoms with Gasteiger partial charge in [-0.25, -0.2) is 0 Å². The maximum absolute atomic E-state index is 13.0. The van der Waals surface area contributed by atoms with E-state index in [4.69, 9.17) is 23.2 Å². The van der Waals surface area contributed by atoms with Gasteiger partial charge in [-0.2, -0.15) is 0 Å². The summed E-state index contributed by atoms with van der Waals surface area (Å²) < 4.78 is 0. The number of nitrogens with one attached hydrogen (secondary N) is 2. The molecule has 0 aliphatic rings. The Kier molecular flexibility index (Phi) is 7.91. The predicted octanol–water partition coefficient (Wildman–Crippen LogP) is 5.45. The van der Waals surface area contributed by atoms with Gasteiger partial charge in [-0.1, -0.05) is 50.0 Å². The molecule has 0 saturated carbocycles. The summed E-state index contributed by atoms with van der Waals surface area (Å²) in [6, 6.07) is 6.68. The van der Waals surface area contributed by atoms with Crippen molar-refractivity contribution in [2.24, 2.45) is 5.41 Å². The minimum atomic E-state index is -0.546. The van der Waals surface area contributed by atoms with Gasteiger partial charge in [0.1, 0.15) is 6.54 Å². The zero-order chi connectivity index (χ0) is 22.6. The minimum Gasteiger partial charge on any atom is -0.329 e. The summed E-state index contributed by atoms with van der Waals surface area (Å²) in [6.07, 6.45) is 0. The molecule has 2 N–H and O–H groups in total. The van der Waals surface area contributed by atoms with Crippen LogP contribution in [0.4, 0.5) is 10.7 Å². The lowest BCUT2D eigenvalue weighted by Crippen LogP contribution is -2.37. The number of thiophene rings is 1. The van der Waals surface area contributed by atoms with Crippen LogP contribution in [-0.2, 0) is 9.59 Å². The van der Waals surface area contributed by atoms with Crippen LogP contribution in [0.5, 0.6) is 0 Å². The number of likely N-dealkylation sites (N-methyl/N-ethyl adjacent to an activating group) is 1. The molecule has 0 fully saturated rings. The first-order valence-electron chi connectivity index (χ1n) is 9.39. The fraction of sp³-hybridized carbons (Fsp3) is 0.381. The number of hydrogen-bond donors (Lipinski definition) is 2. The molecule has 0 radical (unpaired) electrons. The van der Waals surface area contributed by atoms with Gasteiger partial charge in [-0.3, -0.25) is 14.4 Å². The van der Waals surface area contributed by atoms with Crippen LogP contribution in [0.25, 0.3) is 0 Å². The summed E-state index contributed by atoms with van der Waals surface area (Å²) in [5, 5.41) is 6.74. The van der Waals surface area contributed by atoms with Crippen molar-refractivity contribution in [1.82, 2.24) is 4.90 Å². The lowest BCUT2D eigenvalue weighted by Gasteiger charge is -2.20. The highest BCUT2D eigenvalue weighted by molar-refractivity contribution is 7.18. The highest BCUT2D eigenvalue weighted by Gasteiger charge is 2.25. The van der Waals surface area contributed by atoms with Crippen molar-refractivity contribution in [3.05, 3.63) is 44.8 Å². The van der Waals surface area contributed by atoms with Crippen LogP contribution in [0, 0.1) is 12.3 Å². The summed E-state index contributed by atoms with van der Waals surface area (Å²) in [7, 11) is 0. The Morgan fingerprint density at radius 1 is 1.10 bits per heavy atom. The Bertz CT molecular complexity index is 947. The molecule has 0 spiro atoms. The molecule has 162 valence electrons. The number of benzene rings is 1. The third-order valence-electron chi connectivity index (χ3n) is 4.26. The van der Waals surface area contributed by atoms with E-state index in [0.717, 1.165) is 5.56 Å². The summed E-state index contributed by atoms with van der Waals surface area (Å²) in [5.41, 5.74) is 0.506. The van der Waals surface area contributed by atoms with Crippen molar-refractivity contribution in [2.75, 3.05) is 23.7 Å². The highest BCUT2D eigenvalue weighted by atomic mass is 35.5. The first-order valence-corrected chi connectivity index (χ1v) is 11.0. The van der Waals surface area contributed by atoms with E-state index >= 15 is 0 Å². The van der Waals surface area contributed by atoms with Crippen LogP contribution in [0.3, 0.4) is 0 Å².